The van der Waals surface area contributed by atoms with Crippen LogP contribution in [0, 0.1) is 11.3 Å². The van der Waals surface area contributed by atoms with Crippen molar-refractivity contribution in [3.8, 4) is 11.9 Å². The summed E-state index contributed by atoms with van der Waals surface area (Å²) >= 11 is 0. The number of aromatic hydroxyl groups is 1. The number of rotatable bonds is 2. The first kappa shape index (κ1) is 9.29. The van der Waals surface area contributed by atoms with Crippen molar-refractivity contribution in [2.24, 2.45) is 5.73 Å². The lowest BCUT2D eigenvalue weighted by atomic mass is 10.1. The molecule has 0 saturated heterocycles. The molecule has 1 unspecified atom stereocenters. The Labute approximate surface area is 74.4 Å². The number of pyridine rings is 1. The van der Waals surface area contributed by atoms with E-state index in [0.29, 0.717) is 5.56 Å². The minimum Gasteiger partial charge on any atom is -0.495 e. The van der Waals surface area contributed by atoms with E-state index in [0.717, 1.165) is 0 Å². The Morgan fingerprint density at radius 1 is 1.69 bits per heavy atom. The van der Waals surface area contributed by atoms with E-state index in [-0.39, 0.29) is 12.3 Å². The van der Waals surface area contributed by atoms with Gasteiger partial charge < -0.3 is 10.8 Å². The molecule has 1 heterocycles. The Balaban J connectivity index is 3.02. The van der Waals surface area contributed by atoms with E-state index in [1.165, 1.54) is 12.1 Å². The average molecular weight is 179 g/mol. The summed E-state index contributed by atoms with van der Waals surface area (Å²) < 4.78 is 0. The van der Waals surface area contributed by atoms with Gasteiger partial charge in [0.1, 0.15) is 0 Å². The number of aromatic amines is 1. The molecule has 5 heteroatoms. The van der Waals surface area contributed by atoms with Crippen LogP contribution in [0.3, 0.4) is 0 Å². The smallest absolute Gasteiger partial charge is 0.251 e. The number of nitriles is 1. The zero-order valence-electron chi connectivity index (χ0n) is 6.82. The largest absolute Gasteiger partial charge is 0.495 e. The van der Waals surface area contributed by atoms with Crippen molar-refractivity contribution in [2.45, 2.75) is 12.5 Å². The van der Waals surface area contributed by atoms with Gasteiger partial charge in [-0.15, -0.1) is 0 Å². The molecule has 0 aliphatic rings. The van der Waals surface area contributed by atoms with Gasteiger partial charge in [-0.3, -0.25) is 9.78 Å². The van der Waals surface area contributed by atoms with Gasteiger partial charge in [-0.25, -0.2) is 0 Å². The molecule has 13 heavy (non-hydrogen) atoms. The van der Waals surface area contributed by atoms with E-state index in [9.17, 15) is 4.79 Å². The summed E-state index contributed by atoms with van der Waals surface area (Å²) in [5.74, 6) is -0.240. The molecule has 1 atom stereocenters. The Bertz CT molecular complexity index is 391. The standard InChI is InChI=1S/C8H9N3O2/c9-2-1-6(10)5-3-7(12)11-8(13)4-5/h3-4,6H,1,10H2,(H2,11,12,13). The predicted octanol–water partition coefficient (Wildman–Crippen LogP) is -0.00602. The SMILES string of the molecule is N#CCC(N)c1cc(O)[nH]c(=O)c1. The van der Waals surface area contributed by atoms with Gasteiger partial charge in [0.2, 0.25) is 0 Å². The van der Waals surface area contributed by atoms with E-state index >= 15 is 0 Å². The highest BCUT2D eigenvalue weighted by Gasteiger charge is 2.06. The molecule has 0 saturated carbocycles. The third-order valence-electron chi connectivity index (χ3n) is 1.59. The van der Waals surface area contributed by atoms with Gasteiger partial charge in [-0.05, 0) is 5.56 Å². The highest BCUT2D eigenvalue weighted by Crippen LogP contribution is 2.14. The summed E-state index contributed by atoms with van der Waals surface area (Å²) in [6.07, 6.45) is 0.114. The number of hydrogen-bond acceptors (Lipinski definition) is 4. The van der Waals surface area contributed by atoms with Gasteiger partial charge in [0.05, 0.1) is 12.5 Å². The van der Waals surface area contributed by atoms with Crippen LogP contribution in [0.4, 0.5) is 0 Å². The first-order chi connectivity index (χ1) is 6.13. The van der Waals surface area contributed by atoms with Crippen LogP contribution in [0.15, 0.2) is 16.9 Å². The van der Waals surface area contributed by atoms with Crippen molar-refractivity contribution in [2.75, 3.05) is 0 Å². The lowest BCUT2D eigenvalue weighted by Crippen LogP contribution is -2.13. The monoisotopic (exact) mass is 179 g/mol. The van der Waals surface area contributed by atoms with Crippen molar-refractivity contribution in [3.05, 3.63) is 28.0 Å². The van der Waals surface area contributed by atoms with E-state index in [4.69, 9.17) is 16.1 Å². The molecule has 1 aromatic heterocycles. The molecule has 1 rings (SSSR count). The van der Waals surface area contributed by atoms with Gasteiger partial charge in [0.15, 0.2) is 5.88 Å². The second-order valence-corrected chi connectivity index (χ2v) is 2.63. The van der Waals surface area contributed by atoms with Crippen molar-refractivity contribution < 1.29 is 5.11 Å². The summed E-state index contributed by atoms with van der Waals surface area (Å²) in [6.45, 7) is 0. The molecule has 0 radical (unpaired) electrons. The van der Waals surface area contributed by atoms with Crippen LogP contribution in [0.2, 0.25) is 0 Å². The van der Waals surface area contributed by atoms with Crippen LogP contribution < -0.4 is 11.3 Å². The maximum absolute atomic E-state index is 10.9. The van der Waals surface area contributed by atoms with Crippen LogP contribution >= 0.6 is 0 Å². The number of nitrogens with two attached hydrogens (primary N) is 1. The zero-order valence-corrected chi connectivity index (χ0v) is 6.82. The van der Waals surface area contributed by atoms with E-state index in [1.807, 2.05) is 6.07 Å². The molecule has 1 aromatic rings. The molecule has 0 fully saturated rings. The summed E-state index contributed by atoms with van der Waals surface area (Å²) in [5.41, 5.74) is 5.59. The third kappa shape index (κ3) is 2.32. The molecular formula is C8H9N3O2. The van der Waals surface area contributed by atoms with E-state index < -0.39 is 11.6 Å². The molecular weight excluding hydrogens is 170 g/mol. The highest BCUT2D eigenvalue weighted by molar-refractivity contribution is 5.23. The maximum Gasteiger partial charge on any atom is 0.251 e. The minimum absolute atomic E-state index is 0.114. The van der Waals surface area contributed by atoms with Crippen LogP contribution in [0.5, 0.6) is 5.88 Å². The lowest BCUT2D eigenvalue weighted by Gasteiger charge is -2.06. The second-order valence-electron chi connectivity index (χ2n) is 2.63. The first-order valence-corrected chi connectivity index (χ1v) is 3.69. The van der Waals surface area contributed by atoms with Gasteiger partial charge in [0, 0.05) is 18.2 Å². The van der Waals surface area contributed by atoms with Crippen LogP contribution in [0.25, 0.3) is 0 Å². The van der Waals surface area contributed by atoms with Crippen molar-refractivity contribution in [3.63, 3.8) is 0 Å². The molecule has 0 aromatic carbocycles. The van der Waals surface area contributed by atoms with Crippen LogP contribution in [-0.2, 0) is 0 Å². The zero-order chi connectivity index (χ0) is 9.84. The third-order valence-corrected chi connectivity index (χ3v) is 1.59. The Morgan fingerprint density at radius 3 is 2.92 bits per heavy atom. The number of nitrogens with zero attached hydrogens (tertiary/aromatic N) is 1. The number of hydrogen-bond donors (Lipinski definition) is 3. The fourth-order valence-corrected chi connectivity index (χ4v) is 0.980. The second kappa shape index (κ2) is 3.74. The molecule has 0 aliphatic heterocycles. The maximum atomic E-state index is 10.9. The fourth-order valence-electron chi connectivity index (χ4n) is 0.980. The summed E-state index contributed by atoms with van der Waals surface area (Å²) in [5, 5.41) is 17.4. The predicted molar refractivity (Wildman–Crippen MR) is 45.9 cm³/mol. The van der Waals surface area contributed by atoms with Crippen molar-refractivity contribution in [1.82, 2.24) is 4.98 Å². The van der Waals surface area contributed by atoms with Crippen LogP contribution in [0.1, 0.15) is 18.0 Å². The number of H-pyrrole nitrogens is 1. The Morgan fingerprint density at radius 2 is 2.38 bits per heavy atom. The fraction of sp³-hybridized carbons (Fsp3) is 0.250. The highest BCUT2D eigenvalue weighted by atomic mass is 16.3. The van der Waals surface area contributed by atoms with E-state index in [2.05, 4.69) is 4.98 Å². The number of nitrogens with one attached hydrogen (secondary N) is 1. The summed E-state index contributed by atoms with van der Waals surface area (Å²) in [4.78, 5) is 13.0. The minimum atomic E-state index is -0.529. The van der Waals surface area contributed by atoms with Gasteiger partial charge in [-0.2, -0.15) is 5.26 Å². The quantitative estimate of drug-likeness (QED) is 0.594. The summed E-state index contributed by atoms with van der Waals surface area (Å²) in [7, 11) is 0. The van der Waals surface area contributed by atoms with Gasteiger partial charge in [0.25, 0.3) is 5.56 Å². The van der Waals surface area contributed by atoms with Crippen molar-refractivity contribution in [1.29, 1.82) is 5.26 Å². The summed E-state index contributed by atoms with van der Waals surface area (Å²) in [6, 6.07) is 3.96. The van der Waals surface area contributed by atoms with Gasteiger partial charge >= 0.3 is 0 Å². The molecule has 0 amide bonds. The normalized spacial score (nSPS) is 12.0. The Hall–Kier alpha value is -1.80. The number of aromatic nitrogens is 1. The molecule has 0 bridgehead atoms. The van der Waals surface area contributed by atoms with Gasteiger partial charge in [-0.1, -0.05) is 0 Å². The van der Waals surface area contributed by atoms with E-state index in [1.54, 1.807) is 0 Å². The molecule has 68 valence electrons. The molecule has 4 N–H and O–H groups in total. The van der Waals surface area contributed by atoms with Crippen LogP contribution in [-0.4, -0.2) is 10.1 Å². The first-order valence-electron chi connectivity index (χ1n) is 3.69. The van der Waals surface area contributed by atoms with Crippen molar-refractivity contribution >= 4 is 0 Å². The molecule has 0 aliphatic carbocycles. The molecule has 5 nitrogen and oxygen atoms in total. The lowest BCUT2D eigenvalue weighted by molar-refractivity contribution is 0.450. The average Bonchev–Trinajstić information content (AvgIpc) is 2.03. The Kier molecular flexibility index (Phi) is 2.67. The molecule has 0 spiro atoms. The topological polar surface area (TPSA) is 103 Å².